The molecule has 6 heteroatoms. The Morgan fingerprint density at radius 2 is 1.65 bits per heavy atom. The molecule has 1 heterocycles. The van der Waals surface area contributed by atoms with Gasteiger partial charge < -0.3 is 10.0 Å². The van der Waals surface area contributed by atoms with Crippen LogP contribution in [0.3, 0.4) is 0 Å². The smallest absolute Gasteiger partial charge is 0.240 e. The molecule has 0 aromatic heterocycles. The molecule has 23 heavy (non-hydrogen) atoms. The molecule has 5 nitrogen and oxygen atoms in total. The number of carbonyl (C=O) groups is 1. The third-order valence-corrected chi connectivity index (χ3v) is 6.17. The molecule has 2 aromatic rings. The van der Waals surface area contributed by atoms with Crippen LogP contribution in [-0.4, -0.2) is 38.8 Å². The van der Waals surface area contributed by atoms with Gasteiger partial charge in [0, 0.05) is 12.7 Å². The standard InChI is InChI=1S/C17H17NO4S/c1-18-15-10-6-5-9-14(15)17(11-19,16(18)20)12-23(21,22)13-7-3-2-4-8-13/h2-10,19H,11-12H2,1H3. The van der Waals surface area contributed by atoms with Gasteiger partial charge in [0.05, 0.1) is 17.3 Å². The van der Waals surface area contributed by atoms with E-state index in [1.165, 1.54) is 17.0 Å². The van der Waals surface area contributed by atoms with Gasteiger partial charge in [0.25, 0.3) is 0 Å². The van der Waals surface area contributed by atoms with Crippen LogP contribution < -0.4 is 4.90 Å². The number of likely N-dealkylation sites (N-methyl/N-ethyl adjacent to an activating group) is 1. The summed E-state index contributed by atoms with van der Waals surface area (Å²) in [6, 6.07) is 15.0. The Bertz CT molecular complexity index is 848. The molecule has 0 spiro atoms. The fraction of sp³-hybridized carbons (Fsp3) is 0.235. The van der Waals surface area contributed by atoms with E-state index < -0.39 is 33.5 Å². The maximum Gasteiger partial charge on any atom is 0.240 e. The van der Waals surface area contributed by atoms with Gasteiger partial charge in [-0.15, -0.1) is 0 Å². The minimum Gasteiger partial charge on any atom is -0.395 e. The molecule has 1 amide bonds. The van der Waals surface area contributed by atoms with Gasteiger partial charge in [-0.1, -0.05) is 36.4 Å². The predicted molar refractivity (Wildman–Crippen MR) is 87.1 cm³/mol. The zero-order valence-corrected chi connectivity index (χ0v) is 13.5. The lowest BCUT2D eigenvalue weighted by molar-refractivity contribution is -0.123. The highest BCUT2D eigenvalue weighted by Crippen LogP contribution is 2.42. The molecule has 1 unspecified atom stereocenters. The summed E-state index contributed by atoms with van der Waals surface area (Å²) in [7, 11) is -2.13. The number of amides is 1. The van der Waals surface area contributed by atoms with Crippen LogP contribution >= 0.6 is 0 Å². The number of hydrogen-bond acceptors (Lipinski definition) is 4. The first-order chi connectivity index (χ1) is 10.9. The molecule has 1 N–H and O–H groups in total. The summed E-state index contributed by atoms with van der Waals surface area (Å²) in [5.74, 6) is -0.860. The van der Waals surface area contributed by atoms with Crippen molar-refractivity contribution in [2.24, 2.45) is 0 Å². The lowest BCUT2D eigenvalue weighted by Crippen LogP contribution is -2.46. The van der Waals surface area contributed by atoms with Gasteiger partial charge in [0.15, 0.2) is 9.84 Å². The van der Waals surface area contributed by atoms with Crippen molar-refractivity contribution in [3.8, 4) is 0 Å². The number of para-hydroxylation sites is 1. The van der Waals surface area contributed by atoms with Gasteiger partial charge in [-0.05, 0) is 23.8 Å². The third kappa shape index (κ3) is 2.34. The first kappa shape index (κ1) is 15.7. The van der Waals surface area contributed by atoms with Crippen LogP contribution in [0.15, 0.2) is 59.5 Å². The highest BCUT2D eigenvalue weighted by molar-refractivity contribution is 7.91. The van der Waals surface area contributed by atoms with E-state index in [0.717, 1.165) is 0 Å². The Labute approximate surface area is 135 Å². The zero-order valence-electron chi connectivity index (χ0n) is 12.6. The topological polar surface area (TPSA) is 74.7 Å². The summed E-state index contributed by atoms with van der Waals surface area (Å²) in [5, 5.41) is 9.95. The lowest BCUT2D eigenvalue weighted by atomic mass is 9.84. The molecule has 1 aliphatic heterocycles. The number of aliphatic hydroxyl groups excluding tert-OH is 1. The second-order valence-corrected chi connectivity index (χ2v) is 7.68. The average Bonchev–Trinajstić information content (AvgIpc) is 2.78. The average molecular weight is 331 g/mol. The van der Waals surface area contributed by atoms with Crippen molar-refractivity contribution in [1.29, 1.82) is 0 Å². The fourth-order valence-corrected chi connectivity index (χ4v) is 4.85. The van der Waals surface area contributed by atoms with Crippen molar-refractivity contribution in [2.45, 2.75) is 10.3 Å². The van der Waals surface area contributed by atoms with Gasteiger partial charge in [0.1, 0.15) is 5.41 Å². The van der Waals surface area contributed by atoms with Crippen LogP contribution in [0.5, 0.6) is 0 Å². The van der Waals surface area contributed by atoms with Crippen LogP contribution in [0.25, 0.3) is 0 Å². The minimum atomic E-state index is -3.72. The number of aliphatic hydroxyl groups is 1. The molecule has 1 atom stereocenters. The summed E-state index contributed by atoms with van der Waals surface area (Å²) in [4.78, 5) is 14.3. The van der Waals surface area contributed by atoms with Crippen molar-refractivity contribution in [1.82, 2.24) is 0 Å². The number of benzene rings is 2. The Balaban J connectivity index is 2.12. The molecular formula is C17H17NO4S. The van der Waals surface area contributed by atoms with Crippen molar-refractivity contribution in [3.05, 3.63) is 60.2 Å². The number of nitrogens with zero attached hydrogens (tertiary/aromatic N) is 1. The number of hydrogen-bond donors (Lipinski definition) is 1. The van der Waals surface area contributed by atoms with Crippen LogP contribution in [0, 0.1) is 0 Å². The molecule has 0 bridgehead atoms. The van der Waals surface area contributed by atoms with E-state index in [2.05, 4.69) is 0 Å². The molecule has 0 fully saturated rings. The number of carbonyl (C=O) groups excluding carboxylic acids is 1. The highest BCUT2D eigenvalue weighted by Gasteiger charge is 2.52. The molecular weight excluding hydrogens is 314 g/mol. The number of rotatable bonds is 4. The fourth-order valence-electron chi connectivity index (χ4n) is 3.09. The predicted octanol–water partition coefficient (Wildman–Crippen LogP) is 1.37. The number of anilines is 1. The second-order valence-electron chi connectivity index (χ2n) is 5.69. The molecule has 1 aliphatic rings. The highest BCUT2D eigenvalue weighted by atomic mass is 32.2. The van der Waals surface area contributed by atoms with Gasteiger partial charge in [-0.3, -0.25) is 4.79 Å². The maximum absolute atomic E-state index is 12.7. The van der Waals surface area contributed by atoms with Crippen LogP contribution in [0.2, 0.25) is 0 Å². The van der Waals surface area contributed by atoms with E-state index in [4.69, 9.17) is 0 Å². The van der Waals surface area contributed by atoms with Crippen molar-refractivity contribution >= 4 is 21.4 Å². The summed E-state index contributed by atoms with van der Waals surface area (Å²) < 4.78 is 25.5. The van der Waals surface area contributed by atoms with E-state index in [1.807, 2.05) is 0 Å². The van der Waals surface area contributed by atoms with Crippen molar-refractivity contribution in [2.75, 3.05) is 24.3 Å². The van der Waals surface area contributed by atoms with E-state index >= 15 is 0 Å². The summed E-state index contributed by atoms with van der Waals surface area (Å²) >= 11 is 0. The lowest BCUT2D eigenvalue weighted by Gasteiger charge is -2.25. The van der Waals surface area contributed by atoms with Crippen LogP contribution in [0.1, 0.15) is 5.56 Å². The quantitative estimate of drug-likeness (QED) is 0.918. The maximum atomic E-state index is 12.7. The zero-order chi connectivity index (χ0) is 16.7. The van der Waals surface area contributed by atoms with Gasteiger partial charge >= 0.3 is 0 Å². The summed E-state index contributed by atoms with van der Waals surface area (Å²) in [6.45, 7) is -0.556. The van der Waals surface area contributed by atoms with Crippen molar-refractivity contribution in [3.63, 3.8) is 0 Å². The first-order valence-electron chi connectivity index (χ1n) is 7.19. The SMILES string of the molecule is CN1C(=O)C(CO)(CS(=O)(=O)c2ccccc2)c2ccccc21. The van der Waals surface area contributed by atoms with Gasteiger partial charge in [0.2, 0.25) is 5.91 Å². The van der Waals surface area contributed by atoms with Crippen LogP contribution in [-0.2, 0) is 20.0 Å². The Hall–Kier alpha value is -2.18. The van der Waals surface area contributed by atoms with E-state index in [0.29, 0.717) is 11.3 Å². The molecule has 0 radical (unpaired) electrons. The molecule has 120 valence electrons. The van der Waals surface area contributed by atoms with Crippen LogP contribution in [0.4, 0.5) is 5.69 Å². The molecule has 0 aliphatic carbocycles. The largest absolute Gasteiger partial charge is 0.395 e. The Morgan fingerprint density at radius 1 is 1.04 bits per heavy atom. The van der Waals surface area contributed by atoms with E-state index in [9.17, 15) is 18.3 Å². The monoisotopic (exact) mass is 331 g/mol. The Morgan fingerprint density at radius 3 is 2.30 bits per heavy atom. The molecule has 0 saturated carbocycles. The Kier molecular flexibility index (Phi) is 3.74. The normalized spacial score (nSPS) is 20.6. The molecule has 2 aromatic carbocycles. The van der Waals surface area contributed by atoms with E-state index in [-0.39, 0.29) is 4.90 Å². The molecule has 3 rings (SSSR count). The summed E-state index contributed by atoms with van der Waals surface area (Å²) in [5.41, 5.74) is -0.274. The summed E-state index contributed by atoms with van der Waals surface area (Å²) in [6.07, 6.45) is 0. The third-order valence-electron chi connectivity index (χ3n) is 4.30. The number of fused-ring (bicyclic) bond motifs is 1. The minimum absolute atomic E-state index is 0.146. The van der Waals surface area contributed by atoms with Gasteiger partial charge in [-0.25, -0.2) is 8.42 Å². The number of sulfone groups is 1. The van der Waals surface area contributed by atoms with E-state index in [1.54, 1.807) is 49.5 Å². The van der Waals surface area contributed by atoms with Gasteiger partial charge in [-0.2, -0.15) is 0 Å². The first-order valence-corrected chi connectivity index (χ1v) is 8.84. The van der Waals surface area contributed by atoms with Crippen molar-refractivity contribution < 1.29 is 18.3 Å². The second kappa shape index (κ2) is 5.47. The molecule has 0 saturated heterocycles.